The van der Waals surface area contributed by atoms with E-state index < -0.39 is 42.6 Å². The van der Waals surface area contributed by atoms with Crippen molar-refractivity contribution in [3.63, 3.8) is 0 Å². The molecule has 4 rings (SSSR count). The highest BCUT2D eigenvalue weighted by molar-refractivity contribution is 5.66. The number of ether oxygens (including phenoxy) is 6. The van der Waals surface area contributed by atoms with Crippen molar-refractivity contribution in [1.29, 1.82) is 0 Å². The lowest BCUT2D eigenvalue weighted by molar-refractivity contribution is -0.318. The van der Waals surface area contributed by atoms with Crippen molar-refractivity contribution < 1.29 is 38.0 Å². The van der Waals surface area contributed by atoms with Crippen LogP contribution in [0, 0.1) is 0 Å². The van der Waals surface area contributed by atoms with E-state index >= 15 is 0 Å². The Morgan fingerprint density at radius 1 is 0.615 bits per heavy atom. The molecule has 3 aromatic rings. The standard InChI is InChI=1S/C31H34O8/c1-22(32)34-21-27-28(35-18-24-12-6-3-7-13-24)29(36-19-25-14-8-4-9-15-25)30(31(39-27)38-23(2)33)37-20-26-16-10-5-11-17-26/h3-17,27-31H,18-21H2,1-2H3/t27?,28-,29+,30-,31-/m1/s1. The molecule has 3 aromatic carbocycles. The first-order valence-electron chi connectivity index (χ1n) is 12.9. The van der Waals surface area contributed by atoms with Crippen molar-refractivity contribution in [1.82, 2.24) is 0 Å². The van der Waals surface area contributed by atoms with Crippen LogP contribution < -0.4 is 0 Å². The zero-order chi connectivity index (χ0) is 27.5. The van der Waals surface area contributed by atoms with E-state index in [0.29, 0.717) is 0 Å². The van der Waals surface area contributed by atoms with Gasteiger partial charge in [0.1, 0.15) is 31.0 Å². The van der Waals surface area contributed by atoms with Gasteiger partial charge >= 0.3 is 11.9 Å². The predicted molar refractivity (Wildman–Crippen MR) is 142 cm³/mol. The minimum absolute atomic E-state index is 0.108. The number of carbonyl (C=O) groups is 2. The first-order chi connectivity index (χ1) is 19.0. The molecule has 0 aliphatic carbocycles. The van der Waals surface area contributed by atoms with Crippen LogP contribution in [0.5, 0.6) is 0 Å². The molecule has 0 amide bonds. The van der Waals surface area contributed by atoms with E-state index in [1.807, 2.05) is 91.0 Å². The molecule has 1 fully saturated rings. The largest absolute Gasteiger partial charge is 0.463 e. The van der Waals surface area contributed by atoms with E-state index in [1.165, 1.54) is 13.8 Å². The molecule has 0 radical (unpaired) electrons. The van der Waals surface area contributed by atoms with Gasteiger partial charge in [-0.15, -0.1) is 0 Å². The maximum absolute atomic E-state index is 12.1. The first-order valence-corrected chi connectivity index (χ1v) is 12.9. The summed E-state index contributed by atoms with van der Waals surface area (Å²) in [6.45, 7) is 3.27. The Kier molecular flexibility index (Phi) is 10.6. The fraction of sp³-hybridized carbons (Fsp3) is 0.355. The van der Waals surface area contributed by atoms with Crippen LogP contribution in [0.4, 0.5) is 0 Å². The second-order valence-corrected chi connectivity index (χ2v) is 9.24. The van der Waals surface area contributed by atoms with Crippen molar-refractivity contribution in [2.24, 2.45) is 0 Å². The number of rotatable bonds is 12. The summed E-state index contributed by atoms with van der Waals surface area (Å²) in [5.74, 6) is -1.00. The van der Waals surface area contributed by atoms with Crippen LogP contribution >= 0.6 is 0 Å². The molecule has 0 saturated carbocycles. The Morgan fingerprint density at radius 2 is 1.05 bits per heavy atom. The van der Waals surface area contributed by atoms with E-state index in [2.05, 4.69) is 0 Å². The number of benzene rings is 3. The molecule has 1 saturated heterocycles. The molecule has 0 aromatic heterocycles. The molecule has 0 N–H and O–H groups in total. The van der Waals surface area contributed by atoms with Crippen LogP contribution in [0.3, 0.4) is 0 Å². The third kappa shape index (κ3) is 8.73. The van der Waals surface area contributed by atoms with Crippen LogP contribution in [-0.2, 0) is 57.8 Å². The third-order valence-corrected chi connectivity index (χ3v) is 6.18. The number of esters is 2. The van der Waals surface area contributed by atoms with Gasteiger partial charge in [0.25, 0.3) is 0 Å². The van der Waals surface area contributed by atoms with Crippen molar-refractivity contribution in [2.45, 2.75) is 64.4 Å². The SMILES string of the molecule is CC(=O)OCC1O[C@@H](OC(C)=O)[C@H](OCc2ccccc2)[C@@H](OCc2ccccc2)[C@@H]1OCc1ccccc1. The van der Waals surface area contributed by atoms with Gasteiger partial charge in [-0.1, -0.05) is 91.0 Å². The summed E-state index contributed by atoms with van der Waals surface area (Å²) in [7, 11) is 0. The third-order valence-electron chi connectivity index (χ3n) is 6.18. The van der Waals surface area contributed by atoms with Gasteiger partial charge in [0.2, 0.25) is 6.29 Å². The average Bonchev–Trinajstić information content (AvgIpc) is 2.95. The summed E-state index contributed by atoms with van der Waals surface area (Å²) < 4.78 is 36.2. The van der Waals surface area contributed by atoms with E-state index in [9.17, 15) is 9.59 Å². The molecule has 0 bridgehead atoms. The quantitative estimate of drug-likeness (QED) is 0.312. The molecular weight excluding hydrogens is 500 g/mol. The lowest BCUT2D eigenvalue weighted by Gasteiger charge is -2.45. The second-order valence-electron chi connectivity index (χ2n) is 9.24. The van der Waals surface area contributed by atoms with Gasteiger partial charge in [-0.3, -0.25) is 9.59 Å². The monoisotopic (exact) mass is 534 g/mol. The maximum Gasteiger partial charge on any atom is 0.305 e. The van der Waals surface area contributed by atoms with Crippen LogP contribution in [0.2, 0.25) is 0 Å². The highest BCUT2D eigenvalue weighted by Crippen LogP contribution is 2.31. The summed E-state index contributed by atoms with van der Waals surface area (Å²) in [6, 6.07) is 29.1. The maximum atomic E-state index is 12.1. The fourth-order valence-corrected chi connectivity index (χ4v) is 4.34. The topological polar surface area (TPSA) is 89.5 Å². The Labute approximate surface area is 228 Å². The lowest BCUT2D eigenvalue weighted by atomic mass is 9.97. The van der Waals surface area contributed by atoms with Crippen LogP contribution in [0.25, 0.3) is 0 Å². The zero-order valence-corrected chi connectivity index (χ0v) is 22.1. The lowest BCUT2D eigenvalue weighted by Crippen LogP contribution is -2.62. The van der Waals surface area contributed by atoms with Gasteiger partial charge in [-0.2, -0.15) is 0 Å². The van der Waals surface area contributed by atoms with Crippen LogP contribution in [0.1, 0.15) is 30.5 Å². The number of hydrogen-bond donors (Lipinski definition) is 0. The normalized spacial score (nSPS) is 22.7. The van der Waals surface area contributed by atoms with E-state index in [0.717, 1.165) is 16.7 Å². The Hall–Kier alpha value is -3.56. The molecule has 8 nitrogen and oxygen atoms in total. The van der Waals surface area contributed by atoms with Gasteiger partial charge in [0.15, 0.2) is 0 Å². The highest BCUT2D eigenvalue weighted by Gasteiger charge is 2.50. The van der Waals surface area contributed by atoms with E-state index in [1.54, 1.807) is 0 Å². The van der Waals surface area contributed by atoms with Gasteiger partial charge in [-0.05, 0) is 16.7 Å². The first kappa shape index (κ1) is 28.4. The summed E-state index contributed by atoms with van der Waals surface area (Å²) in [5, 5.41) is 0. The van der Waals surface area contributed by atoms with Crippen molar-refractivity contribution in [2.75, 3.05) is 6.61 Å². The average molecular weight is 535 g/mol. The summed E-state index contributed by atoms with van der Waals surface area (Å²) in [6.07, 6.45) is -4.15. The second kappa shape index (κ2) is 14.6. The molecule has 0 spiro atoms. The van der Waals surface area contributed by atoms with Gasteiger partial charge < -0.3 is 28.4 Å². The predicted octanol–water partition coefficient (Wildman–Crippen LogP) is 4.59. The molecule has 1 aliphatic rings. The minimum Gasteiger partial charge on any atom is -0.463 e. The molecule has 5 atom stereocenters. The van der Waals surface area contributed by atoms with Crippen molar-refractivity contribution >= 4 is 11.9 Å². The Bertz CT molecular complexity index is 1150. The van der Waals surface area contributed by atoms with E-state index in [-0.39, 0.29) is 26.4 Å². The number of carbonyl (C=O) groups excluding carboxylic acids is 2. The Balaban J connectivity index is 1.64. The molecular formula is C31H34O8. The Morgan fingerprint density at radius 3 is 1.49 bits per heavy atom. The molecule has 1 aliphatic heterocycles. The number of hydrogen-bond acceptors (Lipinski definition) is 8. The smallest absolute Gasteiger partial charge is 0.305 e. The van der Waals surface area contributed by atoms with Crippen molar-refractivity contribution in [3.05, 3.63) is 108 Å². The minimum atomic E-state index is -1.11. The fourth-order valence-electron chi connectivity index (χ4n) is 4.34. The molecule has 1 heterocycles. The summed E-state index contributed by atoms with van der Waals surface area (Å²) in [4.78, 5) is 23.8. The molecule has 8 heteroatoms. The van der Waals surface area contributed by atoms with Gasteiger partial charge in [-0.25, -0.2) is 0 Å². The van der Waals surface area contributed by atoms with Crippen molar-refractivity contribution in [3.8, 4) is 0 Å². The highest BCUT2D eigenvalue weighted by atomic mass is 16.7. The van der Waals surface area contributed by atoms with Crippen LogP contribution in [0.15, 0.2) is 91.0 Å². The summed E-state index contributed by atoms with van der Waals surface area (Å²) in [5.41, 5.74) is 2.84. The molecule has 1 unspecified atom stereocenters. The van der Waals surface area contributed by atoms with Crippen LogP contribution in [-0.4, -0.2) is 49.3 Å². The zero-order valence-electron chi connectivity index (χ0n) is 22.1. The summed E-state index contributed by atoms with van der Waals surface area (Å²) >= 11 is 0. The van der Waals surface area contributed by atoms with E-state index in [4.69, 9.17) is 28.4 Å². The molecule has 39 heavy (non-hydrogen) atoms. The van der Waals surface area contributed by atoms with Gasteiger partial charge in [0.05, 0.1) is 19.8 Å². The van der Waals surface area contributed by atoms with Gasteiger partial charge in [0, 0.05) is 13.8 Å². The molecule has 206 valence electrons.